The van der Waals surface area contributed by atoms with Crippen molar-refractivity contribution >= 4 is 5.91 Å². The Hall–Kier alpha value is -1.33. The van der Waals surface area contributed by atoms with E-state index in [1.807, 2.05) is 0 Å². The lowest BCUT2D eigenvalue weighted by Gasteiger charge is -2.40. The Kier molecular flexibility index (Phi) is 46.9. The van der Waals surface area contributed by atoms with Gasteiger partial charge in [-0.15, -0.1) is 0 Å². The van der Waals surface area contributed by atoms with Crippen LogP contribution in [0.5, 0.6) is 0 Å². The molecule has 0 spiro atoms. The Labute approximate surface area is 419 Å². The minimum Gasteiger partial charge on any atom is -0.394 e. The number of amides is 1. The Morgan fingerprint density at radius 3 is 1.26 bits per heavy atom. The Morgan fingerprint density at radius 2 is 0.868 bits per heavy atom. The van der Waals surface area contributed by atoms with Gasteiger partial charge in [0, 0.05) is 6.42 Å². The number of hydrogen-bond donors (Lipinski definition) is 6. The molecule has 1 saturated heterocycles. The molecule has 7 atom stereocenters. The van der Waals surface area contributed by atoms with Gasteiger partial charge in [-0.25, -0.2) is 0 Å². The van der Waals surface area contributed by atoms with Crippen LogP contribution in [-0.4, -0.2) is 87.5 Å². The summed E-state index contributed by atoms with van der Waals surface area (Å²) in [6, 6.07) is -0.713. The zero-order valence-electron chi connectivity index (χ0n) is 44.6. The second-order valence-corrected chi connectivity index (χ2v) is 20.8. The quantitative estimate of drug-likeness (QED) is 0.0261. The van der Waals surface area contributed by atoms with Gasteiger partial charge in [0.05, 0.1) is 25.4 Å². The third-order valence-corrected chi connectivity index (χ3v) is 14.3. The predicted molar refractivity (Wildman–Crippen MR) is 286 cm³/mol. The highest BCUT2D eigenvalue weighted by molar-refractivity contribution is 5.76. The number of ether oxygens (including phenoxy) is 2. The van der Waals surface area contributed by atoms with Crippen molar-refractivity contribution in [1.82, 2.24) is 5.32 Å². The highest BCUT2D eigenvalue weighted by Crippen LogP contribution is 2.23. The molecule has 9 heteroatoms. The van der Waals surface area contributed by atoms with Crippen LogP contribution in [0.4, 0.5) is 0 Å². The van der Waals surface area contributed by atoms with Crippen LogP contribution in [0.15, 0.2) is 24.3 Å². The maximum absolute atomic E-state index is 13.0. The fourth-order valence-corrected chi connectivity index (χ4v) is 9.61. The van der Waals surface area contributed by atoms with Gasteiger partial charge in [-0.3, -0.25) is 4.79 Å². The maximum atomic E-state index is 13.0. The van der Waals surface area contributed by atoms with Crippen molar-refractivity contribution in [1.29, 1.82) is 0 Å². The van der Waals surface area contributed by atoms with E-state index in [1.54, 1.807) is 0 Å². The lowest BCUT2D eigenvalue weighted by atomic mass is 9.99. The zero-order chi connectivity index (χ0) is 49.4. The highest BCUT2D eigenvalue weighted by atomic mass is 16.7. The summed E-state index contributed by atoms with van der Waals surface area (Å²) >= 11 is 0. The van der Waals surface area contributed by atoms with Gasteiger partial charge in [-0.1, -0.05) is 263 Å². The molecule has 1 rings (SSSR count). The second kappa shape index (κ2) is 49.3. The van der Waals surface area contributed by atoms with Crippen LogP contribution in [0.25, 0.3) is 0 Å². The normalized spacial score (nSPS) is 19.7. The number of carbonyl (C=O) groups is 1. The van der Waals surface area contributed by atoms with E-state index in [2.05, 4.69) is 43.5 Å². The average Bonchev–Trinajstić information content (AvgIpc) is 3.34. The van der Waals surface area contributed by atoms with Gasteiger partial charge < -0.3 is 40.3 Å². The molecule has 0 radical (unpaired) electrons. The molecular weight excluding hydrogens is 851 g/mol. The fourth-order valence-electron chi connectivity index (χ4n) is 9.61. The molecule has 6 N–H and O–H groups in total. The van der Waals surface area contributed by atoms with Crippen LogP contribution < -0.4 is 5.32 Å². The van der Waals surface area contributed by atoms with Crippen molar-refractivity contribution in [3.63, 3.8) is 0 Å². The molecule has 9 nitrogen and oxygen atoms in total. The van der Waals surface area contributed by atoms with Gasteiger partial charge in [-0.05, 0) is 44.9 Å². The highest BCUT2D eigenvalue weighted by Gasteiger charge is 2.44. The summed E-state index contributed by atoms with van der Waals surface area (Å²) in [5.74, 6) is -0.142. The molecule has 0 aromatic rings. The average molecular weight is 965 g/mol. The molecule has 0 aromatic heterocycles. The summed E-state index contributed by atoms with van der Waals surface area (Å²) < 4.78 is 11.2. The van der Waals surface area contributed by atoms with E-state index in [0.717, 1.165) is 44.9 Å². The van der Waals surface area contributed by atoms with Crippen LogP contribution in [-0.2, 0) is 14.3 Å². The van der Waals surface area contributed by atoms with E-state index in [1.165, 1.54) is 218 Å². The van der Waals surface area contributed by atoms with Crippen molar-refractivity contribution in [3.05, 3.63) is 24.3 Å². The van der Waals surface area contributed by atoms with Gasteiger partial charge in [0.1, 0.15) is 24.4 Å². The minimum absolute atomic E-state index is 0.134. The largest absolute Gasteiger partial charge is 0.394 e. The van der Waals surface area contributed by atoms with Crippen molar-refractivity contribution in [2.24, 2.45) is 0 Å². The van der Waals surface area contributed by atoms with E-state index < -0.39 is 49.5 Å². The lowest BCUT2D eigenvalue weighted by Crippen LogP contribution is -2.60. The Morgan fingerprint density at radius 1 is 0.500 bits per heavy atom. The first kappa shape index (κ1) is 64.7. The molecule has 402 valence electrons. The van der Waals surface area contributed by atoms with Crippen LogP contribution in [0.3, 0.4) is 0 Å². The van der Waals surface area contributed by atoms with Crippen LogP contribution in [0.1, 0.15) is 290 Å². The number of nitrogens with one attached hydrogen (secondary N) is 1. The van der Waals surface area contributed by atoms with E-state index in [9.17, 15) is 30.3 Å². The monoisotopic (exact) mass is 964 g/mol. The van der Waals surface area contributed by atoms with E-state index in [4.69, 9.17) is 9.47 Å². The molecule has 1 amide bonds. The molecule has 1 aliphatic heterocycles. The SMILES string of the molecule is CCCCCCC/C=C\C/C=C\CCCCCCCCCCCCCCCCCCCCCCCCCCCC(=O)NC(COC1OC(CO)C(O)C(O)C1O)C(O)CCCCCCCCCC. The second-order valence-electron chi connectivity index (χ2n) is 20.8. The van der Waals surface area contributed by atoms with E-state index in [0.29, 0.717) is 12.8 Å². The van der Waals surface area contributed by atoms with Crippen LogP contribution in [0, 0.1) is 0 Å². The Bertz CT molecular complexity index is 1120. The summed E-state index contributed by atoms with van der Waals surface area (Å²) in [6.45, 7) is 3.81. The summed E-state index contributed by atoms with van der Waals surface area (Å²) in [6.07, 6.45) is 55.5. The molecule has 0 saturated carbocycles. The van der Waals surface area contributed by atoms with Gasteiger partial charge >= 0.3 is 0 Å². The first-order chi connectivity index (χ1) is 33.3. The topological polar surface area (TPSA) is 149 Å². The summed E-state index contributed by atoms with van der Waals surface area (Å²) in [5.41, 5.74) is 0. The molecule has 1 heterocycles. The zero-order valence-corrected chi connectivity index (χ0v) is 44.6. The molecule has 0 aromatic carbocycles. The van der Waals surface area contributed by atoms with E-state index in [-0.39, 0.29) is 12.5 Å². The van der Waals surface area contributed by atoms with Gasteiger partial charge in [0.15, 0.2) is 6.29 Å². The molecule has 68 heavy (non-hydrogen) atoms. The predicted octanol–water partition coefficient (Wildman–Crippen LogP) is 14.6. The van der Waals surface area contributed by atoms with Crippen LogP contribution >= 0.6 is 0 Å². The third-order valence-electron chi connectivity index (χ3n) is 14.3. The summed E-state index contributed by atoms with van der Waals surface area (Å²) in [7, 11) is 0. The molecule has 7 unspecified atom stereocenters. The van der Waals surface area contributed by atoms with E-state index >= 15 is 0 Å². The van der Waals surface area contributed by atoms with Crippen molar-refractivity contribution < 1.29 is 39.8 Å². The Balaban J connectivity index is 1.98. The lowest BCUT2D eigenvalue weighted by molar-refractivity contribution is -0.302. The molecule has 1 aliphatic rings. The summed E-state index contributed by atoms with van der Waals surface area (Å²) in [5, 5.41) is 54.3. The first-order valence-corrected chi connectivity index (χ1v) is 29.5. The number of aliphatic hydroxyl groups is 5. The smallest absolute Gasteiger partial charge is 0.220 e. The van der Waals surface area contributed by atoms with Crippen molar-refractivity contribution in [2.75, 3.05) is 13.2 Å². The number of allylic oxidation sites excluding steroid dienone is 4. The number of hydrogen-bond acceptors (Lipinski definition) is 8. The number of rotatable bonds is 51. The molecule has 0 aliphatic carbocycles. The molecule has 0 bridgehead atoms. The molecule has 1 fully saturated rings. The third kappa shape index (κ3) is 38.4. The number of aliphatic hydroxyl groups excluding tert-OH is 5. The maximum Gasteiger partial charge on any atom is 0.220 e. The first-order valence-electron chi connectivity index (χ1n) is 29.5. The van der Waals surface area contributed by atoms with Gasteiger partial charge in [-0.2, -0.15) is 0 Å². The van der Waals surface area contributed by atoms with Crippen LogP contribution in [0.2, 0.25) is 0 Å². The van der Waals surface area contributed by atoms with Crippen molar-refractivity contribution in [3.8, 4) is 0 Å². The van der Waals surface area contributed by atoms with Crippen molar-refractivity contribution in [2.45, 2.75) is 333 Å². The van der Waals surface area contributed by atoms with Gasteiger partial charge in [0.2, 0.25) is 5.91 Å². The fraction of sp³-hybridized carbons (Fsp3) is 0.915. The minimum atomic E-state index is -1.55. The van der Waals surface area contributed by atoms with Gasteiger partial charge in [0.25, 0.3) is 0 Å². The number of unbranched alkanes of at least 4 members (excludes halogenated alkanes) is 37. The summed E-state index contributed by atoms with van der Waals surface area (Å²) in [4.78, 5) is 13.0. The standard InChI is InChI=1S/C59H113NO8/c1-3-5-7-9-11-13-14-15-16-17-18-19-20-21-22-23-24-25-26-27-28-29-30-31-32-33-34-35-36-37-38-39-40-41-43-45-47-49-55(63)60-52(53(62)48-46-44-42-12-10-8-6-4-2)51-67-59-58(66)57(65)56(64)54(50-61)68-59/h14-15,17-18,52-54,56-59,61-62,64-66H,3-13,16,19-51H2,1-2H3,(H,60,63)/b15-14-,18-17-. The molecular formula is C59H113NO8. The number of carbonyl (C=O) groups excluding carboxylic acids is 1.